The summed E-state index contributed by atoms with van der Waals surface area (Å²) in [6.45, 7) is 27.2. The molecule has 0 rings (SSSR count). The van der Waals surface area contributed by atoms with E-state index < -0.39 is 60.4 Å². The first-order chi connectivity index (χ1) is 14.6. The lowest BCUT2D eigenvalue weighted by Crippen LogP contribution is -2.56. The van der Waals surface area contributed by atoms with Gasteiger partial charge in [-0.3, -0.25) is 0 Å². The lowest BCUT2D eigenvalue weighted by Gasteiger charge is -2.40. The van der Waals surface area contributed by atoms with Crippen molar-refractivity contribution in [2.24, 2.45) is 0 Å². The quantitative estimate of drug-likeness (QED) is 0.221. The highest BCUT2D eigenvalue weighted by Crippen LogP contribution is 2.30. The molecule has 7 nitrogen and oxygen atoms in total. The molecule has 0 spiro atoms. The second kappa shape index (κ2) is 13.2. The van der Waals surface area contributed by atoms with E-state index >= 15 is 0 Å². The zero-order valence-corrected chi connectivity index (χ0v) is 31.7. The van der Waals surface area contributed by atoms with Gasteiger partial charge in [-0.2, -0.15) is 0 Å². The van der Waals surface area contributed by atoms with Crippen LogP contribution >= 0.6 is 0 Å². The van der Waals surface area contributed by atoms with Crippen LogP contribution in [-0.2, 0) is 30.0 Å². The van der Waals surface area contributed by atoms with Gasteiger partial charge in [0.05, 0.1) is 0 Å². The first-order valence-electron chi connectivity index (χ1n) is 11.9. The summed E-state index contributed by atoms with van der Waals surface area (Å²) in [5, 5.41) is 0. The monoisotopic (exact) mass is 590 g/mol. The maximum atomic E-state index is 6.87. The van der Waals surface area contributed by atoms with Crippen molar-refractivity contribution >= 4 is 60.4 Å². The van der Waals surface area contributed by atoms with E-state index in [4.69, 9.17) is 30.0 Å². The molecule has 0 amide bonds. The fourth-order valence-electron chi connectivity index (χ4n) is 4.99. The van der Waals surface area contributed by atoms with Crippen molar-refractivity contribution in [3.8, 4) is 0 Å². The van der Waals surface area contributed by atoms with Gasteiger partial charge in [0, 0.05) is 33.1 Å². The molecule has 0 aromatic heterocycles. The Kier molecular flexibility index (Phi) is 13.7. The standard InChI is InChI=1S/C19H54O7Si7/c1-19(2)23-28(6,7)16-29(8,9)24-27-25-30(10,11)17-31(12,13)26-32(14,15)18-33(20-3,21-4)22-5/h19H,16-18,27H2,1-15H3. The summed E-state index contributed by atoms with van der Waals surface area (Å²) in [5.74, 6) is 0. The highest BCUT2D eigenvalue weighted by Gasteiger charge is 2.48. The van der Waals surface area contributed by atoms with Crippen molar-refractivity contribution in [3.63, 3.8) is 0 Å². The number of rotatable bonds is 17. The zero-order chi connectivity index (χ0) is 26.4. The SMILES string of the molecule is CO[Si](C[Si](C)(C)O[Si](C)(C)C[Si](C)(C)O[SiH2]O[Si](C)(C)C[Si](C)(C)OC(C)C)(OC)OC. The molecule has 0 aliphatic heterocycles. The van der Waals surface area contributed by atoms with Crippen molar-refractivity contribution in [1.29, 1.82) is 0 Å². The highest BCUT2D eigenvalue weighted by atomic mass is 28.5. The topological polar surface area (TPSA) is 64.6 Å². The van der Waals surface area contributed by atoms with E-state index in [1.807, 2.05) is 0 Å². The van der Waals surface area contributed by atoms with Crippen molar-refractivity contribution in [1.82, 2.24) is 0 Å². The van der Waals surface area contributed by atoms with Crippen LogP contribution in [0.1, 0.15) is 13.8 Å². The molecule has 0 heterocycles. The molecule has 14 heteroatoms. The first kappa shape index (κ1) is 34.2. The Labute approximate surface area is 213 Å². The van der Waals surface area contributed by atoms with E-state index in [-0.39, 0.29) is 6.10 Å². The van der Waals surface area contributed by atoms with E-state index in [1.165, 1.54) is 0 Å². The fraction of sp³-hybridized carbons (Fsp3) is 1.00. The lowest BCUT2D eigenvalue weighted by atomic mass is 10.5. The van der Waals surface area contributed by atoms with Crippen molar-refractivity contribution in [2.75, 3.05) is 21.3 Å². The van der Waals surface area contributed by atoms with Crippen LogP contribution in [0.3, 0.4) is 0 Å². The smallest absolute Gasteiger partial charge is 0.456 e. The molecule has 0 atom stereocenters. The normalized spacial score (nSPS) is 15.3. The maximum absolute atomic E-state index is 6.87. The Hall–Kier alpha value is 1.24. The second-order valence-corrected chi connectivity index (χ2v) is 40.3. The molecule has 200 valence electrons. The van der Waals surface area contributed by atoms with Crippen LogP contribution in [0.25, 0.3) is 0 Å². The summed E-state index contributed by atoms with van der Waals surface area (Å²) in [4.78, 5) is 0. The van der Waals surface area contributed by atoms with Gasteiger partial charge in [-0.25, -0.2) is 0 Å². The van der Waals surface area contributed by atoms with Gasteiger partial charge in [0.15, 0.2) is 41.6 Å². The fourth-order valence-corrected chi connectivity index (χ4v) is 43.2. The van der Waals surface area contributed by atoms with Crippen LogP contribution in [0.4, 0.5) is 0 Å². The largest absolute Gasteiger partial charge is 0.499 e. The van der Waals surface area contributed by atoms with Gasteiger partial charge in [0.1, 0.15) is 0 Å². The van der Waals surface area contributed by atoms with Crippen LogP contribution in [0.15, 0.2) is 0 Å². The summed E-state index contributed by atoms with van der Waals surface area (Å²) in [5.41, 5.74) is 2.90. The molecule has 0 aromatic carbocycles. The average molecular weight is 591 g/mol. The van der Waals surface area contributed by atoms with E-state index in [1.54, 1.807) is 21.3 Å². The molecule has 0 saturated carbocycles. The summed E-state index contributed by atoms with van der Waals surface area (Å²) in [6, 6.07) is 0. The predicted octanol–water partition coefficient (Wildman–Crippen LogP) is 4.98. The van der Waals surface area contributed by atoms with Gasteiger partial charge in [-0.1, -0.05) is 0 Å². The van der Waals surface area contributed by atoms with Crippen LogP contribution in [0, 0.1) is 0 Å². The van der Waals surface area contributed by atoms with Gasteiger partial charge in [0.25, 0.3) is 10.0 Å². The van der Waals surface area contributed by atoms with Gasteiger partial charge in [-0.05, 0) is 90.7 Å². The molecular formula is C19H54O7Si7. The summed E-state index contributed by atoms with van der Waals surface area (Å²) >= 11 is 0. The van der Waals surface area contributed by atoms with Gasteiger partial charge in [-0.15, -0.1) is 0 Å². The minimum atomic E-state index is -2.66. The molecule has 0 aromatic rings. The minimum Gasteiger partial charge on any atom is -0.456 e. The Morgan fingerprint density at radius 3 is 1.27 bits per heavy atom. The van der Waals surface area contributed by atoms with Gasteiger partial charge < -0.3 is 30.0 Å². The zero-order valence-electron chi connectivity index (χ0n) is 24.3. The molecule has 0 N–H and O–H groups in total. The van der Waals surface area contributed by atoms with Crippen LogP contribution < -0.4 is 0 Å². The van der Waals surface area contributed by atoms with E-state index in [0.29, 0.717) is 0 Å². The molecule has 0 saturated heterocycles. The maximum Gasteiger partial charge on any atom is 0.499 e. The number of hydrogen-bond donors (Lipinski definition) is 0. The molecule has 0 radical (unpaired) electrons. The molecule has 33 heavy (non-hydrogen) atoms. The predicted molar refractivity (Wildman–Crippen MR) is 157 cm³/mol. The highest BCUT2D eigenvalue weighted by molar-refractivity contribution is 6.97. The van der Waals surface area contributed by atoms with Crippen molar-refractivity contribution in [2.45, 2.75) is 102 Å². The molecule has 0 aliphatic carbocycles. The van der Waals surface area contributed by atoms with Crippen molar-refractivity contribution < 1.29 is 30.0 Å². The van der Waals surface area contributed by atoms with E-state index in [9.17, 15) is 0 Å². The first-order valence-corrected chi connectivity index (χ1v) is 30.6. The molecule has 0 fully saturated rings. The minimum absolute atomic E-state index is 0.279. The Morgan fingerprint density at radius 2 is 0.909 bits per heavy atom. The second-order valence-electron chi connectivity index (χ2n) is 12.3. The third-order valence-corrected chi connectivity index (χ3v) is 38.6. The van der Waals surface area contributed by atoms with Gasteiger partial charge in [0.2, 0.25) is 0 Å². The Bertz CT molecular complexity index is 575. The number of hydrogen-bond acceptors (Lipinski definition) is 7. The van der Waals surface area contributed by atoms with Crippen LogP contribution in [0.2, 0.25) is 82.5 Å². The molecular weight excluding hydrogens is 537 g/mol. The lowest BCUT2D eigenvalue weighted by molar-refractivity contribution is 0.127. The molecule has 0 bridgehead atoms. The van der Waals surface area contributed by atoms with Crippen LogP contribution in [-0.4, -0.2) is 87.8 Å². The third-order valence-electron chi connectivity index (χ3n) is 5.28. The van der Waals surface area contributed by atoms with E-state index in [0.717, 1.165) is 17.0 Å². The summed E-state index contributed by atoms with van der Waals surface area (Å²) in [7, 11) is -8.07. The van der Waals surface area contributed by atoms with Crippen molar-refractivity contribution in [3.05, 3.63) is 0 Å². The third kappa shape index (κ3) is 14.5. The van der Waals surface area contributed by atoms with E-state index in [2.05, 4.69) is 79.3 Å². The summed E-state index contributed by atoms with van der Waals surface area (Å²) in [6.07, 6.45) is 0.279. The molecule has 0 aliphatic rings. The average Bonchev–Trinajstić information content (AvgIpc) is 2.54. The van der Waals surface area contributed by atoms with Crippen LogP contribution in [0.5, 0.6) is 0 Å². The van der Waals surface area contributed by atoms with Gasteiger partial charge >= 0.3 is 8.80 Å². The Morgan fingerprint density at radius 1 is 0.545 bits per heavy atom. The summed E-state index contributed by atoms with van der Waals surface area (Å²) < 4.78 is 43.1. The molecule has 0 unspecified atom stereocenters. The Balaban J connectivity index is 4.94.